The Morgan fingerprint density at radius 1 is 1.14 bits per heavy atom. The summed E-state index contributed by atoms with van der Waals surface area (Å²) >= 11 is 9.88. The van der Waals surface area contributed by atoms with E-state index in [1.807, 2.05) is 24.3 Å². The van der Waals surface area contributed by atoms with Gasteiger partial charge in [0.05, 0.1) is 21.9 Å². The maximum absolute atomic E-state index is 11.6. The molecule has 0 amide bonds. The van der Waals surface area contributed by atoms with Gasteiger partial charge < -0.3 is 4.74 Å². The molecule has 0 saturated heterocycles. The Kier molecular flexibility index (Phi) is 4.96. The molecule has 0 radical (unpaired) electrons. The Hall–Kier alpha value is -1.04. The number of ether oxygens (including phenoxy) is 1. The van der Waals surface area contributed by atoms with Crippen LogP contribution in [0.4, 0.5) is 0 Å². The van der Waals surface area contributed by atoms with E-state index in [1.54, 1.807) is 25.3 Å². The molecule has 1 atom stereocenters. The Morgan fingerprint density at radius 2 is 1.81 bits per heavy atom. The third-order valence-corrected chi connectivity index (χ3v) is 5.28. The number of benzene rings is 2. The zero-order valence-corrected chi connectivity index (χ0v) is 14.7. The summed E-state index contributed by atoms with van der Waals surface area (Å²) in [6.45, 7) is 0. The number of sulfone groups is 1. The summed E-state index contributed by atoms with van der Waals surface area (Å²) in [7, 11) is -1.66. The van der Waals surface area contributed by atoms with Gasteiger partial charge in [-0.15, -0.1) is 11.6 Å². The van der Waals surface area contributed by atoms with Gasteiger partial charge in [0.2, 0.25) is 0 Å². The molecule has 2 rings (SSSR count). The van der Waals surface area contributed by atoms with Gasteiger partial charge in [-0.2, -0.15) is 0 Å². The van der Waals surface area contributed by atoms with Gasteiger partial charge in [0.1, 0.15) is 5.75 Å². The molecule has 0 aliphatic carbocycles. The van der Waals surface area contributed by atoms with Crippen molar-refractivity contribution in [2.75, 3.05) is 13.4 Å². The summed E-state index contributed by atoms with van der Waals surface area (Å²) < 4.78 is 29.2. The van der Waals surface area contributed by atoms with Crippen molar-refractivity contribution in [1.82, 2.24) is 0 Å². The van der Waals surface area contributed by atoms with E-state index in [0.717, 1.165) is 15.6 Å². The SMILES string of the molecule is COc1ccc(C(Cl)c2cccc(S(C)(=O)=O)c2)cc1Br. The molecule has 0 heterocycles. The third-order valence-electron chi connectivity index (χ3n) is 3.05. The summed E-state index contributed by atoms with van der Waals surface area (Å²) in [5.41, 5.74) is 1.59. The van der Waals surface area contributed by atoms with Crippen molar-refractivity contribution in [2.45, 2.75) is 10.3 Å². The van der Waals surface area contributed by atoms with Crippen LogP contribution in [-0.4, -0.2) is 21.8 Å². The predicted molar refractivity (Wildman–Crippen MR) is 87.9 cm³/mol. The lowest BCUT2D eigenvalue weighted by Gasteiger charge is -2.13. The second-order valence-electron chi connectivity index (χ2n) is 4.60. The van der Waals surface area contributed by atoms with E-state index in [4.69, 9.17) is 16.3 Å². The summed E-state index contributed by atoms with van der Waals surface area (Å²) in [5.74, 6) is 0.715. The molecule has 2 aromatic rings. The minimum Gasteiger partial charge on any atom is -0.496 e. The maximum atomic E-state index is 11.6. The summed E-state index contributed by atoms with van der Waals surface area (Å²) in [6, 6.07) is 12.2. The first-order valence-corrected chi connectivity index (χ1v) is 9.22. The smallest absolute Gasteiger partial charge is 0.175 e. The Morgan fingerprint density at radius 3 is 2.38 bits per heavy atom. The van der Waals surface area contributed by atoms with Crippen LogP contribution in [0.3, 0.4) is 0 Å². The van der Waals surface area contributed by atoms with E-state index in [1.165, 1.54) is 6.26 Å². The van der Waals surface area contributed by atoms with Gasteiger partial charge in [-0.25, -0.2) is 8.42 Å². The molecule has 0 aliphatic heterocycles. The van der Waals surface area contributed by atoms with Gasteiger partial charge in [0.25, 0.3) is 0 Å². The maximum Gasteiger partial charge on any atom is 0.175 e. The van der Waals surface area contributed by atoms with E-state index in [-0.39, 0.29) is 4.90 Å². The minimum absolute atomic E-state index is 0.262. The van der Waals surface area contributed by atoms with Gasteiger partial charge in [-0.3, -0.25) is 0 Å². The van der Waals surface area contributed by atoms with Crippen LogP contribution >= 0.6 is 27.5 Å². The van der Waals surface area contributed by atoms with Crippen molar-refractivity contribution in [3.8, 4) is 5.75 Å². The Balaban J connectivity index is 2.40. The number of hydrogen-bond donors (Lipinski definition) is 0. The molecule has 0 spiro atoms. The summed E-state index contributed by atoms with van der Waals surface area (Å²) in [5, 5.41) is -0.436. The topological polar surface area (TPSA) is 43.4 Å². The van der Waals surface area contributed by atoms with E-state index < -0.39 is 15.2 Å². The van der Waals surface area contributed by atoms with Crippen LogP contribution in [0.1, 0.15) is 16.5 Å². The van der Waals surface area contributed by atoms with Gasteiger partial charge in [0.15, 0.2) is 9.84 Å². The minimum atomic E-state index is -3.25. The fourth-order valence-electron chi connectivity index (χ4n) is 1.94. The number of halogens is 2. The van der Waals surface area contributed by atoms with Gasteiger partial charge in [-0.1, -0.05) is 18.2 Å². The second-order valence-corrected chi connectivity index (χ2v) is 7.91. The highest BCUT2D eigenvalue weighted by Gasteiger charge is 2.15. The van der Waals surface area contributed by atoms with Crippen molar-refractivity contribution in [1.29, 1.82) is 0 Å². The van der Waals surface area contributed by atoms with E-state index in [2.05, 4.69) is 15.9 Å². The van der Waals surface area contributed by atoms with Crippen LogP contribution < -0.4 is 4.74 Å². The van der Waals surface area contributed by atoms with E-state index in [9.17, 15) is 8.42 Å². The van der Waals surface area contributed by atoms with Crippen LogP contribution in [0.2, 0.25) is 0 Å². The Labute approximate surface area is 137 Å². The predicted octanol–water partition coefficient (Wildman–Crippen LogP) is 4.19. The largest absolute Gasteiger partial charge is 0.496 e. The normalized spacial score (nSPS) is 13.0. The highest BCUT2D eigenvalue weighted by molar-refractivity contribution is 9.10. The van der Waals surface area contributed by atoms with E-state index >= 15 is 0 Å². The van der Waals surface area contributed by atoms with Crippen molar-refractivity contribution in [3.05, 3.63) is 58.1 Å². The molecule has 21 heavy (non-hydrogen) atoms. The lowest BCUT2D eigenvalue weighted by molar-refractivity contribution is 0.412. The zero-order valence-electron chi connectivity index (χ0n) is 11.5. The lowest BCUT2D eigenvalue weighted by Crippen LogP contribution is -2.00. The van der Waals surface area contributed by atoms with Gasteiger partial charge in [0, 0.05) is 6.26 Å². The lowest BCUT2D eigenvalue weighted by atomic mass is 10.0. The fourth-order valence-corrected chi connectivity index (χ4v) is 3.44. The molecule has 0 saturated carbocycles. The first-order valence-electron chi connectivity index (χ1n) is 6.10. The van der Waals surface area contributed by atoms with Gasteiger partial charge in [-0.05, 0) is 51.3 Å². The molecule has 0 aromatic heterocycles. The van der Waals surface area contributed by atoms with Gasteiger partial charge >= 0.3 is 0 Å². The Bertz CT molecular complexity index is 759. The summed E-state index contributed by atoms with van der Waals surface area (Å²) in [4.78, 5) is 0.262. The van der Waals surface area contributed by atoms with Crippen LogP contribution in [0.25, 0.3) is 0 Å². The zero-order chi connectivity index (χ0) is 15.6. The molecule has 0 fully saturated rings. The van der Waals surface area contributed by atoms with Crippen LogP contribution in [0.15, 0.2) is 51.8 Å². The average Bonchev–Trinajstić information content (AvgIpc) is 2.45. The highest BCUT2D eigenvalue weighted by atomic mass is 79.9. The van der Waals surface area contributed by atoms with Crippen molar-refractivity contribution >= 4 is 37.4 Å². The first kappa shape index (κ1) is 16.3. The third kappa shape index (κ3) is 3.78. The van der Waals surface area contributed by atoms with Crippen molar-refractivity contribution < 1.29 is 13.2 Å². The molecular formula is C15H14BrClO3S. The summed E-state index contributed by atoms with van der Waals surface area (Å²) in [6.07, 6.45) is 1.18. The number of methoxy groups -OCH3 is 1. The van der Waals surface area contributed by atoms with Crippen molar-refractivity contribution in [3.63, 3.8) is 0 Å². The number of hydrogen-bond acceptors (Lipinski definition) is 3. The van der Waals surface area contributed by atoms with Crippen LogP contribution in [0.5, 0.6) is 5.75 Å². The quantitative estimate of drug-likeness (QED) is 0.736. The molecule has 6 heteroatoms. The van der Waals surface area contributed by atoms with Crippen molar-refractivity contribution in [2.24, 2.45) is 0 Å². The molecule has 3 nitrogen and oxygen atoms in total. The van der Waals surface area contributed by atoms with Crippen LogP contribution in [0, 0.1) is 0 Å². The molecule has 1 unspecified atom stereocenters. The van der Waals surface area contributed by atoms with Crippen LogP contribution in [-0.2, 0) is 9.84 Å². The molecule has 0 aliphatic rings. The highest BCUT2D eigenvalue weighted by Crippen LogP contribution is 2.34. The second kappa shape index (κ2) is 6.38. The molecule has 0 bridgehead atoms. The number of rotatable bonds is 4. The average molecular weight is 390 g/mol. The molecule has 2 aromatic carbocycles. The first-order chi connectivity index (χ1) is 9.82. The molecular weight excluding hydrogens is 376 g/mol. The number of alkyl halides is 1. The fraction of sp³-hybridized carbons (Fsp3) is 0.200. The van der Waals surface area contributed by atoms with E-state index in [0.29, 0.717) is 5.75 Å². The molecule has 112 valence electrons. The molecule has 0 N–H and O–H groups in total. The standard InChI is InChI=1S/C15H14BrClO3S/c1-20-14-7-6-11(9-13(14)16)15(17)10-4-3-5-12(8-10)21(2,18)19/h3-9,15H,1-2H3. The monoisotopic (exact) mass is 388 g/mol.